The molecule has 0 aliphatic heterocycles. The number of hydrogen-bond donors (Lipinski definition) is 1. The molecule has 4 unspecified atom stereocenters. The quantitative estimate of drug-likeness (QED) is 0.762. The Balaban J connectivity index is 2.47. The SMILES string of the molecule is CCC1CCCC(C(N)C(CC)OC)C1. The third-order valence-corrected chi connectivity index (χ3v) is 4.08. The molecule has 0 bridgehead atoms. The van der Waals surface area contributed by atoms with Crippen LogP contribution in [0.5, 0.6) is 0 Å². The van der Waals surface area contributed by atoms with Crippen molar-refractivity contribution in [3.8, 4) is 0 Å². The molecule has 2 heteroatoms. The van der Waals surface area contributed by atoms with Crippen LogP contribution < -0.4 is 5.73 Å². The summed E-state index contributed by atoms with van der Waals surface area (Å²) in [6, 6.07) is 0.245. The summed E-state index contributed by atoms with van der Waals surface area (Å²) in [6.45, 7) is 4.46. The number of nitrogens with two attached hydrogens (primary N) is 1. The van der Waals surface area contributed by atoms with E-state index in [2.05, 4.69) is 13.8 Å². The Bertz CT molecular complexity index is 168. The van der Waals surface area contributed by atoms with Crippen molar-refractivity contribution in [2.24, 2.45) is 17.6 Å². The van der Waals surface area contributed by atoms with Crippen LogP contribution in [-0.4, -0.2) is 19.3 Å². The Hall–Kier alpha value is -0.0800. The first kappa shape index (κ1) is 13.0. The van der Waals surface area contributed by atoms with Gasteiger partial charge in [0.1, 0.15) is 0 Å². The molecular formula is C13H27NO. The Morgan fingerprint density at radius 3 is 2.60 bits per heavy atom. The van der Waals surface area contributed by atoms with E-state index >= 15 is 0 Å². The van der Waals surface area contributed by atoms with Gasteiger partial charge in [-0.15, -0.1) is 0 Å². The van der Waals surface area contributed by atoms with E-state index in [1.807, 2.05) is 0 Å². The molecule has 1 aliphatic rings. The molecule has 2 N–H and O–H groups in total. The van der Waals surface area contributed by atoms with Crippen molar-refractivity contribution in [1.29, 1.82) is 0 Å². The molecule has 0 amide bonds. The van der Waals surface area contributed by atoms with Crippen molar-refractivity contribution in [2.75, 3.05) is 7.11 Å². The highest BCUT2D eigenvalue weighted by molar-refractivity contribution is 4.84. The monoisotopic (exact) mass is 213 g/mol. The minimum atomic E-state index is 0.245. The predicted molar refractivity (Wildman–Crippen MR) is 64.8 cm³/mol. The largest absolute Gasteiger partial charge is 0.380 e. The Morgan fingerprint density at radius 1 is 1.33 bits per heavy atom. The average Bonchev–Trinajstić information content (AvgIpc) is 2.30. The summed E-state index contributed by atoms with van der Waals surface area (Å²) in [4.78, 5) is 0. The topological polar surface area (TPSA) is 35.2 Å². The van der Waals surface area contributed by atoms with Gasteiger partial charge in [0, 0.05) is 13.2 Å². The zero-order valence-corrected chi connectivity index (χ0v) is 10.5. The minimum Gasteiger partial charge on any atom is -0.380 e. The van der Waals surface area contributed by atoms with E-state index in [4.69, 9.17) is 10.5 Å². The fourth-order valence-corrected chi connectivity index (χ4v) is 2.95. The Morgan fingerprint density at radius 2 is 2.07 bits per heavy atom. The summed E-state index contributed by atoms with van der Waals surface area (Å²) >= 11 is 0. The number of ether oxygens (including phenoxy) is 1. The van der Waals surface area contributed by atoms with Crippen LogP contribution in [0.15, 0.2) is 0 Å². The Kier molecular flexibility index (Phi) is 5.62. The third kappa shape index (κ3) is 3.46. The van der Waals surface area contributed by atoms with Crippen molar-refractivity contribution >= 4 is 0 Å². The first-order valence-corrected chi connectivity index (χ1v) is 6.51. The number of hydrogen-bond acceptors (Lipinski definition) is 2. The lowest BCUT2D eigenvalue weighted by Crippen LogP contribution is -2.43. The molecule has 1 fully saturated rings. The second-order valence-electron chi connectivity index (χ2n) is 4.96. The first-order chi connectivity index (χ1) is 7.22. The molecule has 15 heavy (non-hydrogen) atoms. The molecule has 1 aliphatic carbocycles. The molecule has 0 heterocycles. The van der Waals surface area contributed by atoms with Gasteiger partial charge in [0.25, 0.3) is 0 Å². The second kappa shape index (κ2) is 6.49. The van der Waals surface area contributed by atoms with Crippen LogP contribution in [0.25, 0.3) is 0 Å². The molecule has 0 saturated heterocycles. The smallest absolute Gasteiger partial charge is 0.0722 e. The lowest BCUT2D eigenvalue weighted by molar-refractivity contribution is 0.0457. The Labute approximate surface area is 94.6 Å². The molecule has 0 radical (unpaired) electrons. The van der Waals surface area contributed by atoms with E-state index in [0.717, 1.165) is 12.3 Å². The van der Waals surface area contributed by atoms with Crippen molar-refractivity contribution in [1.82, 2.24) is 0 Å². The van der Waals surface area contributed by atoms with Crippen molar-refractivity contribution in [3.63, 3.8) is 0 Å². The van der Waals surface area contributed by atoms with Gasteiger partial charge in [-0.25, -0.2) is 0 Å². The summed E-state index contributed by atoms with van der Waals surface area (Å²) < 4.78 is 5.46. The molecule has 0 aromatic carbocycles. The van der Waals surface area contributed by atoms with E-state index in [1.165, 1.54) is 32.1 Å². The van der Waals surface area contributed by atoms with Gasteiger partial charge < -0.3 is 10.5 Å². The molecule has 90 valence electrons. The van der Waals surface area contributed by atoms with Gasteiger partial charge >= 0.3 is 0 Å². The van der Waals surface area contributed by atoms with E-state index in [-0.39, 0.29) is 12.1 Å². The molecule has 2 nitrogen and oxygen atoms in total. The highest BCUT2D eigenvalue weighted by Crippen LogP contribution is 2.33. The van der Waals surface area contributed by atoms with Crippen molar-refractivity contribution in [2.45, 2.75) is 64.5 Å². The summed E-state index contributed by atoms with van der Waals surface area (Å²) in [5.74, 6) is 1.60. The van der Waals surface area contributed by atoms with Gasteiger partial charge in [-0.2, -0.15) is 0 Å². The highest BCUT2D eigenvalue weighted by atomic mass is 16.5. The summed E-state index contributed by atoms with van der Waals surface area (Å²) in [5.41, 5.74) is 6.31. The first-order valence-electron chi connectivity index (χ1n) is 6.51. The molecular weight excluding hydrogens is 186 g/mol. The van der Waals surface area contributed by atoms with E-state index in [9.17, 15) is 0 Å². The van der Waals surface area contributed by atoms with Gasteiger partial charge in [0.15, 0.2) is 0 Å². The zero-order valence-electron chi connectivity index (χ0n) is 10.5. The molecule has 1 saturated carbocycles. The minimum absolute atomic E-state index is 0.245. The number of methoxy groups -OCH3 is 1. The van der Waals surface area contributed by atoms with Crippen LogP contribution in [0.4, 0.5) is 0 Å². The zero-order chi connectivity index (χ0) is 11.3. The van der Waals surface area contributed by atoms with Gasteiger partial charge in [-0.1, -0.05) is 33.1 Å². The maximum atomic E-state index is 6.31. The maximum absolute atomic E-state index is 6.31. The van der Waals surface area contributed by atoms with E-state index in [1.54, 1.807) is 7.11 Å². The molecule has 4 atom stereocenters. The van der Waals surface area contributed by atoms with Crippen LogP contribution in [0.1, 0.15) is 52.4 Å². The fourth-order valence-electron chi connectivity index (χ4n) is 2.95. The normalized spacial score (nSPS) is 31.2. The summed E-state index contributed by atoms with van der Waals surface area (Å²) in [5, 5.41) is 0. The van der Waals surface area contributed by atoms with Crippen LogP contribution in [0.2, 0.25) is 0 Å². The van der Waals surface area contributed by atoms with Crippen LogP contribution in [-0.2, 0) is 4.74 Å². The van der Waals surface area contributed by atoms with Gasteiger partial charge in [-0.05, 0) is 31.1 Å². The molecule has 0 aromatic rings. The second-order valence-corrected chi connectivity index (χ2v) is 4.96. The number of rotatable bonds is 5. The van der Waals surface area contributed by atoms with Gasteiger partial charge in [-0.3, -0.25) is 0 Å². The van der Waals surface area contributed by atoms with Crippen molar-refractivity contribution in [3.05, 3.63) is 0 Å². The lowest BCUT2D eigenvalue weighted by Gasteiger charge is -2.35. The third-order valence-electron chi connectivity index (χ3n) is 4.08. The lowest BCUT2D eigenvalue weighted by atomic mass is 9.75. The van der Waals surface area contributed by atoms with Crippen molar-refractivity contribution < 1.29 is 4.74 Å². The average molecular weight is 213 g/mol. The summed E-state index contributed by atoms with van der Waals surface area (Å²) in [6.07, 6.45) is 7.98. The van der Waals surface area contributed by atoms with E-state index in [0.29, 0.717) is 5.92 Å². The van der Waals surface area contributed by atoms with Gasteiger partial charge in [0.2, 0.25) is 0 Å². The molecule has 1 rings (SSSR count). The molecule has 0 aromatic heterocycles. The summed E-state index contributed by atoms with van der Waals surface area (Å²) in [7, 11) is 1.79. The molecule has 0 spiro atoms. The van der Waals surface area contributed by atoms with Crippen LogP contribution >= 0.6 is 0 Å². The predicted octanol–water partition coefficient (Wildman–Crippen LogP) is 2.96. The van der Waals surface area contributed by atoms with Gasteiger partial charge in [0.05, 0.1) is 6.10 Å². The highest BCUT2D eigenvalue weighted by Gasteiger charge is 2.29. The van der Waals surface area contributed by atoms with E-state index < -0.39 is 0 Å². The fraction of sp³-hybridized carbons (Fsp3) is 1.00. The maximum Gasteiger partial charge on any atom is 0.0722 e. The van der Waals surface area contributed by atoms with Crippen LogP contribution in [0.3, 0.4) is 0 Å². The standard InChI is InChI=1S/C13H27NO/c1-4-10-7-6-8-11(9-10)13(14)12(5-2)15-3/h10-13H,4-9,14H2,1-3H3. The van der Waals surface area contributed by atoms with Crippen LogP contribution in [0, 0.1) is 11.8 Å².